The number of aliphatic hydroxyl groups is 3. The molecule has 0 saturated heterocycles. The van der Waals surface area contributed by atoms with E-state index < -0.39 is 64.7 Å². The van der Waals surface area contributed by atoms with Crippen LogP contribution in [0.1, 0.15) is 63.9 Å². The molecule has 0 amide bonds. The van der Waals surface area contributed by atoms with Crippen LogP contribution in [-0.2, 0) is 104 Å². The van der Waals surface area contributed by atoms with E-state index in [0.717, 1.165) is 48.9 Å². The van der Waals surface area contributed by atoms with E-state index in [-0.39, 0.29) is 66.4 Å². The van der Waals surface area contributed by atoms with Crippen LogP contribution in [0.4, 0.5) is 0 Å². The topological polar surface area (TPSA) is 144 Å². The molecule has 100 heavy (non-hydrogen) atoms. The Labute approximate surface area is 625 Å². The van der Waals surface area contributed by atoms with Crippen LogP contribution >= 0.6 is 57.1 Å². The second-order valence-electron chi connectivity index (χ2n) is 23.3. The molecule has 0 spiro atoms. The maximum absolute atomic E-state index is 10.7. The molecule has 0 aliphatic rings. The van der Waals surface area contributed by atoms with Gasteiger partial charge in [-0.05, 0) is 57.0 Å². The van der Waals surface area contributed by atoms with Crippen molar-refractivity contribution in [2.75, 3.05) is 38.0 Å². The van der Waals surface area contributed by atoms with Gasteiger partial charge in [0.1, 0.15) is 48.8 Å². The Morgan fingerprint density at radius 2 is 0.500 bits per heavy atom. The average Bonchev–Trinajstić information content (AvgIpc) is 0.894. The van der Waals surface area contributed by atoms with Gasteiger partial charge < -0.3 is 58.0 Å². The number of aliphatic hydroxyl groups excluding tert-OH is 3. The summed E-state index contributed by atoms with van der Waals surface area (Å²) in [5.74, 6) is 0. The van der Waals surface area contributed by atoms with E-state index in [2.05, 4.69) is 101 Å². The molecule has 0 fully saturated rings. The van der Waals surface area contributed by atoms with E-state index in [1.165, 1.54) is 15.6 Å². The maximum atomic E-state index is 10.7. The molecule has 15 heteroatoms. The molecule has 10 aromatic carbocycles. The minimum atomic E-state index is -0.745. The molecule has 12 nitrogen and oxygen atoms in total. The summed E-state index contributed by atoms with van der Waals surface area (Å²) >= 11 is 4.38. The summed E-state index contributed by atoms with van der Waals surface area (Å²) in [6, 6.07) is 99.9. The number of benzene rings is 10. The van der Waals surface area contributed by atoms with E-state index in [4.69, 9.17) is 44.0 Å². The zero-order chi connectivity index (χ0) is 71.0. The molecule has 0 aliphatic heterocycles. The van der Waals surface area contributed by atoms with Crippen LogP contribution < -0.4 is 0 Å². The largest absolute Gasteiger partial charge is 0.394 e. The van der Waals surface area contributed by atoms with E-state index >= 15 is 0 Å². The normalized spacial score (nSPS) is 13.7. The molecule has 0 heterocycles. The summed E-state index contributed by atoms with van der Waals surface area (Å²) in [4.78, 5) is 2.39. The predicted octanol–water partition coefficient (Wildman–Crippen LogP) is 18.0. The minimum absolute atomic E-state index is 0.133. The van der Waals surface area contributed by atoms with Gasteiger partial charge in [-0.15, -0.1) is 0 Å². The second-order valence-corrected chi connectivity index (χ2v) is 37.0. The molecule has 3 N–H and O–H groups in total. The third-order valence-electron chi connectivity index (χ3n) is 15.6. The molecule has 0 aromatic heterocycles. The van der Waals surface area contributed by atoms with Crippen LogP contribution in [0.25, 0.3) is 0 Å². The van der Waals surface area contributed by atoms with Gasteiger partial charge in [-0.1, -0.05) is 296 Å². The minimum Gasteiger partial charge on any atom is -0.394 e. The molecule has 0 bridgehead atoms. The van der Waals surface area contributed by atoms with Gasteiger partial charge in [-0.2, -0.15) is 0 Å². The van der Waals surface area contributed by atoms with Crippen molar-refractivity contribution in [3.63, 3.8) is 0 Å². The van der Waals surface area contributed by atoms with Crippen molar-refractivity contribution in [3.8, 4) is 0 Å². The molecule has 8 atom stereocenters. The molecule has 0 saturated carbocycles. The van der Waals surface area contributed by atoms with Crippen LogP contribution in [0.5, 0.6) is 0 Å². The van der Waals surface area contributed by atoms with Gasteiger partial charge in [0.2, 0.25) is 0 Å². The van der Waals surface area contributed by atoms with E-state index in [1.54, 1.807) is 0 Å². The Balaban J connectivity index is 0.000000227. The molecule has 0 radical (unpaired) electrons. The molecular weight excluding hydrogens is 1590 g/mol. The third kappa shape index (κ3) is 32.1. The monoisotopic (exact) mass is 1690 g/mol. The quantitative estimate of drug-likeness (QED) is 0.0192. The van der Waals surface area contributed by atoms with Crippen LogP contribution in [-0.4, -0.2) is 102 Å². The zero-order valence-electron chi connectivity index (χ0n) is 57.9. The number of alkyl halides is 3. The molecular formula is C85H97I3O12. The fourth-order valence-corrected chi connectivity index (χ4v) is 14.8. The number of ether oxygens (including phenoxy) is 9. The first-order valence-electron chi connectivity index (χ1n) is 34.3. The van der Waals surface area contributed by atoms with Gasteiger partial charge in [-0.25, -0.2) is 0 Å². The second kappa shape index (κ2) is 50.3. The fraction of sp³-hybridized carbons (Fsp3) is 0.294. The Kier molecular flexibility index (Phi) is 40.0. The Hall–Kier alpha value is -6.09. The maximum Gasteiger partial charge on any atom is 0.115 e. The summed E-state index contributed by atoms with van der Waals surface area (Å²) in [6.07, 6.45) is -5.65. The molecule has 0 unspecified atom stereocenters. The van der Waals surface area contributed by atoms with Crippen LogP contribution in [0.3, 0.4) is 0 Å². The van der Waals surface area contributed by atoms with Gasteiger partial charge in [-0.3, -0.25) is 0 Å². The molecule has 530 valence electrons. The first kappa shape index (κ1) is 79.6. The Morgan fingerprint density at radius 3 is 0.700 bits per heavy atom. The van der Waals surface area contributed by atoms with E-state index in [1.807, 2.05) is 249 Å². The SMILES string of the molecule is CI(I)Cc1ccccc1.ICc1ccccc1.OC[C@@H](OCc1ccccc1)[C@@H](OCc1ccccc1)[C@H](OCc1ccccc1)[C@@H](CO)OCc1ccccc1.[3H]CCOC[C@@H](OCc1ccccc1)[C@@H](OCc1ccccc1)[C@H](OCc1ccccc1)[C@@H](CO)OCc1ccccc1. The predicted molar refractivity (Wildman–Crippen MR) is 426 cm³/mol. The van der Waals surface area contributed by atoms with Crippen molar-refractivity contribution in [2.45, 2.75) is 117 Å². The summed E-state index contributed by atoms with van der Waals surface area (Å²) in [5, 5.41) is 31.7. The zero-order valence-corrected chi connectivity index (χ0v) is 63.4. The number of hydrogen-bond donors (Lipinski definition) is 3. The van der Waals surface area contributed by atoms with Gasteiger partial charge in [0.05, 0.1) is 79.3 Å². The van der Waals surface area contributed by atoms with Crippen molar-refractivity contribution in [1.29, 1.82) is 0 Å². The van der Waals surface area contributed by atoms with Gasteiger partial charge in [0.25, 0.3) is 0 Å². The smallest absolute Gasteiger partial charge is 0.115 e. The van der Waals surface area contributed by atoms with Gasteiger partial charge in [0, 0.05) is 12.4 Å². The van der Waals surface area contributed by atoms with Crippen LogP contribution in [0.15, 0.2) is 303 Å². The molecule has 10 aromatic rings. The Bertz CT molecular complexity index is 3480. The van der Waals surface area contributed by atoms with Crippen molar-refractivity contribution < 1.29 is 59.3 Å². The van der Waals surface area contributed by atoms with Gasteiger partial charge >= 0.3 is 79.7 Å². The van der Waals surface area contributed by atoms with Crippen molar-refractivity contribution in [3.05, 3.63) is 359 Å². The number of hydrogen-bond acceptors (Lipinski definition) is 12. The van der Waals surface area contributed by atoms with Crippen LogP contribution in [0.2, 0.25) is 0 Å². The summed E-state index contributed by atoms with van der Waals surface area (Å²) in [5.41, 5.74) is 10.8. The first-order valence-corrected chi connectivity index (χ1v) is 45.0. The standard InChI is InChI=1S/C36H42O6.C34H38O6.C8H10I2.C7H7I/c1-2-38-28-34(40-25-30-17-9-4-10-18-30)36(42-27-32-21-13-6-14-22-32)35(41-26-31-19-11-5-12-20-31)33(23-37)39-24-29-15-7-3-8-16-29;35-21-31(37-23-27-13-5-1-6-14-27)33(39-25-29-17-9-3-10-18-29)34(40-26-30-19-11-4-12-20-30)32(22-36)38-24-28-15-7-2-8-16-28;1-10(9)7-8-5-3-2-4-6-8;8-6-7-4-2-1-3-5-7/h3-22,33-37H,2,23-28H2,1H3;1-20,31-36H,21-26H2;2-6H,7H2,1H3;1-5H,6H2/t33-,34-,35-,36-;31-,32-,33-,34-;;/m11../s1/i1T;;;. The van der Waals surface area contributed by atoms with Gasteiger partial charge in [0.15, 0.2) is 0 Å². The van der Waals surface area contributed by atoms with Crippen molar-refractivity contribution >= 4 is 57.1 Å². The average molecular weight is 1690 g/mol. The van der Waals surface area contributed by atoms with E-state index in [9.17, 15) is 15.3 Å². The molecule has 0 aliphatic carbocycles. The molecule has 10 rings (SSSR count). The summed E-state index contributed by atoms with van der Waals surface area (Å²) in [7, 11) is 0. The summed E-state index contributed by atoms with van der Waals surface area (Å²) in [6.45, 7) is 2.07. The van der Waals surface area contributed by atoms with Crippen LogP contribution in [0, 0.1) is 0 Å². The Morgan fingerprint density at radius 1 is 0.300 bits per heavy atom. The van der Waals surface area contributed by atoms with E-state index in [0.29, 0.717) is 26.4 Å². The third-order valence-corrected chi connectivity index (χ3v) is 20.4. The number of halogens is 3. The fourth-order valence-electron chi connectivity index (χ4n) is 10.4. The summed E-state index contributed by atoms with van der Waals surface area (Å²) < 4.78 is 67.3. The first-order chi connectivity index (χ1) is 49.7. The van der Waals surface area contributed by atoms with Crippen molar-refractivity contribution in [2.24, 2.45) is 0 Å². The number of rotatable bonds is 39. The van der Waals surface area contributed by atoms with Crippen molar-refractivity contribution in [1.82, 2.24) is 0 Å².